The SMILES string of the molecule is Cc1ccc(S(=O)(=O)N2CCS(=O)CC2)cc1. The Balaban J connectivity index is 2.24. The van der Waals surface area contributed by atoms with Gasteiger partial charge in [-0.1, -0.05) is 17.7 Å². The summed E-state index contributed by atoms with van der Waals surface area (Å²) >= 11 is 0. The van der Waals surface area contributed by atoms with Crippen LogP contribution in [-0.2, 0) is 20.8 Å². The molecule has 6 heteroatoms. The maximum absolute atomic E-state index is 12.2. The van der Waals surface area contributed by atoms with E-state index in [0.717, 1.165) is 5.56 Å². The average Bonchev–Trinajstić information content (AvgIpc) is 2.30. The van der Waals surface area contributed by atoms with E-state index < -0.39 is 20.8 Å². The van der Waals surface area contributed by atoms with Gasteiger partial charge in [-0.2, -0.15) is 4.31 Å². The van der Waals surface area contributed by atoms with Crippen LogP contribution in [0, 0.1) is 6.92 Å². The van der Waals surface area contributed by atoms with Gasteiger partial charge >= 0.3 is 0 Å². The van der Waals surface area contributed by atoms with Crippen molar-refractivity contribution in [2.45, 2.75) is 11.8 Å². The molecule has 2 rings (SSSR count). The lowest BCUT2D eigenvalue weighted by Gasteiger charge is -2.25. The van der Waals surface area contributed by atoms with Crippen LogP contribution in [0.25, 0.3) is 0 Å². The number of sulfonamides is 1. The van der Waals surface area contributed by atoms with Crippen molar-refractivity contribution in [2.24, 2.45) is 0 Å². The molecule has 0 saturated carbocycles. The summed E-state index contributed by atoms with van der Waals surface area (Å²) in [6.07, 6.45) is 0. The third-order valence-electron chi connectivity index (χ3n) is 2.80. The predicted molar refractivity (Wildman–Crippen MR) is 67.8 cm³/mol. The van der Waals surface area contributed by atoms with Gasteiger partial charge in [0.25, 0.3) is 0 Å². The zero-order valence-electron chi connectivity index (χ0n) is 9.63. The van der Waals surface area contributed by atoms with E-state index in [1.54, 1.807) is 24.3 Å². The van der Waals surface area contributed by atoms with E-state index in [-0.39, 0.29) is 0 Å². The molecule has 1 aliphatic heterocycles. The molecule has 0 aliphatic carbocycles. The molecule has 1 aliphatic rings. The Morgan fingerprint density at radius 3 is 2.18 bits per heavy atom. The van der Waals surface area contributed by atoms with Crippen LogP contribution < -0.4 is 0 Å². The Morgan fingerprint density at radius 2 is 1.65 bits per heavy atom. The minimum Gasteiger partial charge on any atom is -0.259 e. The highest BCUT2D eigenvalue weighted by Crippen LogP contribution is 2.17. The first-order valence-corrected chi connectivity index (χ1v) is 8.35. The summed E-state index contributed by atoms with van der Waals surface area (Å²) < 4.78 is 37.1. The topological polar surface area (TPSA) is 54.5 Å². The number of hydrogen-bond donors (Lipinski definition) is 0. The Labute approximate surface area is 104 Å². The number of rotatable bonds is 2. The van der Waals surface area contributed by atoms with Crippen molar-refractivity contribution in [3.8, 4) is 0 Å². The van der Waals surface area contributed by atoms with Crippen molar-refractivity contribution >= 4 is 20.8 Å². The minimum atomic E-state index is -3.40. The second-order valence-electron chi connectivity index (χ2n) is 4.07. The fourth-order valence-electron chi connectivity index (χ4n) is 1.72. The molecular formula is C11H15NO3S2. The van der Waals surface area contributed by atoms with Gasteiger partial charge in [0.1, 0.15) is 0 Å². The Bertz CT molecular complexity index is 512. The summed E-state index contributed by atoms with van der Waals surface area (Å²) in [7, 11) is -4.27. The zero-order chi connectivity index (χ0) is 12.5. The van der Waals surface area contributed by atoms with Gasteiger partial charge in [-0.3, -0.25) is 4.21 Å². The van der Waals surface area contributed by atoms with Crippen LogP contribution in [-0.4, -0.2) is 41.5 Å². The number of nitrogens with zero attached hydrogens (tertiary/aromatic N) is 1. The fourth-order valence-corrected chi connectivity index (χ4v) is 4.45. The Hall–Kier alpha value is -0.720. The molecule has 0 atom stereocenters. The highest BCUT2D eigenvalue weighted by molar-refractivity contribution is 7.89. The van der Waals surface area contributed by atoms with E-state index in [2.05, 4.69) is 0 Å². The van der Waals surface area contributed by atoms with Gasteiger partial charge < -0.3 is 0 Å². The van der Waals surface area contributed by atoms with Gasteiger partial charge in [0.2, 0.25) is 10.0 Å². The van der Waals surface area contributed by atoms with E-state index in [1.807, 2.05) is 6.92 Å². The predicted octanol–water partition coefficient (Wildman–Crippen LogP) is 0.748. The van der Waals surface area contributed by atoms with E-state index in [4.69, 9.17) is 0 Å². The van der Waals surface area contributed by atoms with Crippen molar-refractivity contribution in [3.05, 3.63) is 29.8 Å². The molecule has 0 spiro atoms. The van der Waals surface area contributed by atoms with Gasteiger partial charge in [-0.05, 0) is 19.1 Å². The maximum Gasteiger partial charge on any atom is 0.243 e. The lowest BCUT2D eigenvalue weighted by atomic mass is 10.2. The first kappa shape index (κ1) is 12.7. The third kappa shape index (κ3) is 2.75. The van der Waals surface area contributed by atoms with Crippen LogP contribution in [0.15, 0.2) is 29.2 Å². The van der Waals surface area contributed by atoms with Crippen LogP contribution in [0.2, 0.25) is 0 Å². The normalized spacial score (nSPS) is 19.4. The monoisotopic (exact) mass is 273 g/mol. The summed E-state index contributed by atoms with van der Waals surface area (Å²) in [5.41, 5.74) is 1.03. The summed E-state index contributed by atoms with van der Waals surface area (Å²) in [5, 5.41) is 0. The molecule has 0 amide bonds. The smallest absolute Gasteiger partial charge is 0.243 e. The van der Waals surface area contributed by atoms with Crippen molar-refractivity contribution in [2.75, 3.05) is 24.6 Å². The van der Waals surface area contributed by atoms with E-state index >= 15 is 0 Å². The molecule has 4 nitrogen and oxygen atoms in total. The van der Waals surface area contributed by atoms with Gasteiger partial charge in [0.05, 0.1) is 4.90 Å². The molecule has 0 aromatic heterocycles. The molecule has 17 heavy (non-hydrogen) atoms. The summed E-state index contributed by atoms with van der Waals surface area (Å²) in [6.45, 7) is 2.62. The number of aryl methyl sites for hydroxylation is 1. The molecule has 1 fully saturated rings. The first-order valence-electron chi connectivity index (χ1n) is 5.42. The molecule has 0 unspecified atom stereocenters. The van der Waals surface area contributed by atoms with Gasteiger partial charge in [-0.25, -0.2) is 8.42 Å². The van der Waals surface area contributed by atoms with Crippen molar-refractivity contribution < 1.29 is 12.6 Å². The lowest BCUT2D eigenvalue weighted by Crippen LogP contribution is -2.41. The van der Waals surface area contributed by atoms with Gasteiger partial charge in [-0.15, -0.1) is 0 Å². The van der Waals surface area contributed by atoms with E-state index in [1.165, 1.54) is 4.31 Å². The molecule has 0 bridgehead atoms. The molecule has 1 aromatic carbocycles. The molecule has 1 saturated heterocycles. The Morgan fingerprint density at radius 1 is 1.12 bits per heavy atom. The fraction of sp³-hybridized carbons (Fsp3) is 0.455. The van der Waals surface area contributed by atoms with E-state index in [9.17, 15) is 12.6 Å². The lowest BCUT2D eigenvalue weighted by molar-refractivity contribution is 0.438. The van der Waals surface area contributed by atoms with Crippen molar-refractivity contribution in [1.82, 2.24) is 4.31 Å². The zero-order valence-corrected chi connectivity index (χ0v) is 11.3. The third-order valence-corrected chi connectivity index (χ3v) is 5.98. The standard InChI is InChI=1S/C11H15NO3S2/c1-10-2-4-11(5-3-10)17(14,15)12-6-8-16(13)9-7-12/h2-5H,6-9H2,1H3. The highest BCUT2D eigenvalue weighted by atomic mass is 32.2. The molecule has 0 radical (unpaired) electrons. The van der Waals surface area contributed by atoms with Crippen LogP contribution >= 0.6 is 0 Å². The van der Waals surface area contributed by atoms with Crippen LogP contribution in [0.3, 0.4) is 0 Å². The second-order valence-corrected chi connectivity index (χ2v) is 7.70. The molecule has 0 N–H and O–H groups in total. The summed E-state index contributed by atoms with van der Waals surface area (Å²) in [4.78, 5) is 0.316. The van der Waals surface area contributed by atoms with Crippen LogP contribution in [0.5, 0.6) is 0 Å². The largest absolute Gasteiger partial charge is 0.259 e. The highest BCUT2D eigenvalue weighted by Gasteiger charge is 2.27. The first-order chi connectivity index (χ1) is 8.00. The van der Waals surface area contributed by atoms with Crippen molar-refractivity contribution in [1.29, 1.82) is 0 Å². The van der Waals surface area contributed by atoms with Crippen molar-refractivity contribution in [3.63, 3.8) is 0 Å². The summed E-state index contributed by atoms with van der Waals surface area (Å²) in [6, 6.07) is 6.82. The average molecular weight is 273 g/mol. The molecule has 1 heterocycles. The Kier molecular flexibility index (Phi) is 3.65. The van der Waals surface area contributed by atoms with E-state index in [0.29, 0.717) is 29.5 Å². The molecule has 94 valence electrons. The number of benzene rings is 1. The van der Waals surface area contributed by atoms with Gasteiger partial charge in [0.15, 0.2) is 0 Å². The minimum absolute atomic E-state index is 0.316. The number of hydrogen-bond acceptors (Lipinski definition) is 3. The maximum atomic E-state index is 12.2. The van der Waals surface area contributed by atoms with Gasteiger partial charge in [0, 0.05) is 35.4 Å². The summed E-state index contributed by atoms with van der Waals surface area (Å²) in [5.74, 6) is 0.871. The molecular weight excluding hydrogens is 258 g/mol. The van der Waals surface area contributed by atoms with Crippen LogP contribution in [0.1, 0.15) is 5.56 Å². The quantitative estimate of drug-likeness (QED) is 0.799. The second kappa shape index (κ2) is 4.88. The van der Waals surface area contributed by atoms with Crippen LogP contribution in [0.4, 0.5) is 0 Å². The molecule has 1 aromatic rings.